The molecule has 0 bridgehead atoms. The van der Waals surface area contributed by atoms with Crippen LogP contribution in [0.25, 0.3) is 10.9 Å². The predicted molar refractivity (Wildman–Crippen MR) is 168 cm³/mol. The molecule has 44 heavy (non-hydrogen) atoms. The fraction of sp³-hybridized carbons (Fsp3) is 0.438. The van der Waals surface area contributed by atoms with Crippen molar-refractivity contribution in [1.29, 1.82) is 0 Å². The van der Waals surface area contributed by atoms with Crippen LogP contribution in [-0.2, 0) is 32.0 Å². The summed E-state index contributed by atoms with van der Waals surface area (Å²) < 4.78 is 0. The quantitative estimate of drug-likeness (QED) is 0.105. The van der Waals surface area contributed by atoms with Gasteiger partial charge in [-0.2, -0.15) is 0 Å². The third-order valence-corrected chi connectivity index (χ3v) is 7.37. The highest BCUT2D eigenvalue weighted by Crippen LogP contribution is 2.20. The van der Waals surface area contributed by atoms with E-state index in [9.17, 15) is 29.4 Å². The van der Waals surface area contributed by atoms with E-state index >= 15 is 0 Å². The van der Waals surface area contributed by atoms with Gasteiger partial charge in [0.05, 0.1) is 6.04 Å². The van der Waals surface area contributed by atoms with E-state index in [0.29, 0.717) is 24.9 Å². The minimum Gasteiger partial charge on any atom is -0.508 e. The van der Waals surface area contributed by atoms with Crippen molar-refractivity contribution < 1.29 is 29.4 Å². The van der Waals surface area contributed by atoms with Crippen molar-refractivity contribution in [2.75, 3.05) is 6.54 Å². The Labute approximate surface area is 257 Å². The standard InChI is InChI=1S/C32H44N6O6/c1-19(2)15-26(30(41)38-28(32(43)44)16-20-10-12-22(39)13-11-20)37-31(42)27(36-29(40)24(34)8-5-6-14-33)17-21-18-35-25-9-4-3-7-23(21)25/h3-4,7,9-13,18-19,24,26-28,35,39H,5-6,8,14-17,33-34H2,1-2H3,(H,36,40)(H,37,42)(H,38,41)(H,43,44). The van der Waals surface area contributed by atoms with Gasteiger partial charge in [0.2, 0.25) is 17.7 Å². The number of aromatic hydroxyl groups is 1. The highest BCUT2D eigenvalue weighted by molar-refractivity contribution is 5.95. The molecule has 0 radical (unpaired) electrons. The molecular formula is C32H44N6O6. The molecule has 12 nitrogen and oxygen atoms in total. The predicted octanol–water partition coefficient (Wildman–Crippen LogP) is 1.70. The molecule has 10 N–H and O–H groups in total. The van der Waals surface area contributed by atoms with Gasteiger partial charge < -0.3 is 42.6 Å². The van der Waals surface area contributed by atoms with Gasteiger partial charge in [0.1, 0.15) is 23.9 Å². The van der Waals surface area contributed by atoms with Crippen LogP contribution in [0.2, 0.25) is 0 Å². The van der Waals surface area contributed by atoms with Gasteiger partial charge in [0, 0.05) is 29.9 Å². The Hall–Kier alpha value is -4.42. The van der Waals surface area contributed by atoms with Crippen LogP contribution in [0.5, 0.6) is 5.75 Å². The Morgan fingerprint density at radius 2 is 1.48 bits per heavy atom. The molecular weight excluding hydrogens is 564 g/mol. The number of phenolic OH excluding ortho intramolecular Hbond substituents is 1. The number of nitrogens with two attached hydrogens (primary N) is 2. The van der Waals surface area contributed by atoms with Gasteiger partial charge in [0.15, 0.2) is 0 Å². The van der Waals surface area contributed by atoms with E-state index in [1.54, 1.807) is 18.3 Å². The summed E-state index contributed by atoms with van der Waals surface area (Å²) in [6, 6.07) is 9.35. The van der Waals surface area contributed by atoms with Gasteiger partial charge in [-0.15, -0.1) is 0 Å². The number of carbonyl (C=O) groups is 4. The number of benzene rings is 2. The van der Waals surface area contributed by atoms with E-state index in [1.807, 2.05) is 38.1 Å². The van der Waals surface area contributed by atoms with Crippen molar-refractivity contribution in [3.63, 3.8) is 0 Å². The lowest BCUT2D eigenvalue weighted by molar-refractivity contribution is -0.142. The van der Waals surface area contributed by atoms with Crippen LogP contribution < -0.4 is 27.4 Å². The molecule has 0 aliphatic heterocycles. The van der Waals surface area contributed by atoms with Crippen LogP contribution in [0, 0.1) is 5.92 Å². The SMILES string of the molecule is CC(C)CC(NC(=O)C(Cc1c[nH]c2ccccc12)NC(=O)C(N)CCCCN)C(=O)NC(Cc1ccc(O)cc1)C(=O)O. The zero-order valence-electron chi connectivity index (χ0n) is 25.2. The Kier molecular flexibility index (Phi) is 12.7. The summed E-state index contributed by atoms with van der Waals surface area (Å²) in [6.07, 6.45) is 3.90. The summed E-state index contributed by atoms with van der Waals surface area (Å²) in [4.78, 5) is 55.4. The number of rotatable bonds is 17. The highest BCUT2D eigenvalue weighted by atomic mass is 16.4. The van der Waals surface area contributed by atoms with Crippen LogP contribution in [0.1, 0.15) is 50.7 Å². The Morgan fingerprint density at radius 1 is 0.841 bits per heavy atom. The van der Waals surface area contributed by atoms with E-state index in [1.165, 1.54) is 12.1 Å². The van der Waals surface area contributed by atoms with Gasteiger partial charge in [-0.05, 0) is 61.1 Å². The molecule has 238 valence electrons. The fourth-order valence-electron chi connectivity index (χ4n) is 4.96. The number of nitrogens with one attached hydrogen (secondary N) is 4. The molecule has 1 heterocycles. The average molecular weight is 609 g/mol. The first kappa shape index (κ1) is 34.1. The van der Waals surface area contributed by atoms with Crippen molar-refractivity contribution in [3.8, 4) is 5.75 Å². The number of hydrogen-bond donors (Lipinski definition) is 8. The van der Waals surface area contributed by atoms with Gasteiger partial charge in [0.25, 0.3) is 0 Å². The number of carbonyl (C=O) groups excluding carboxylic acids is 3. The number of para-hydroxylation sites is 1. The summed E-state index contributed by atoms with van der Waals surface area (Å²) in [6.45, 7) is 4.24. The molecule has 0 aliphatic rings. The van der Waals surface area contributed by atoms with E-state index in [0.717, 1.165) is 22.9 Å². The van der Waals surface area contributed by atoms with Gasteiger partial charge in [-0.1, -0.05) is 50.6 Å². The molecule has 4 unspecified atom stereocenters. The second-order valence-electron chi connectivity index (χ2n) is 11.5. The van der Waals surface area contributed by atoms with Gasteiger partial charge >= 0.3 is 5.97 Å². The lowest BCUT2D eigenvalue weighted by Crippen LogP contribution is -2.58. The van der Waals surface area contributed by atoms with E-state index < -0.39 is 47.9 Å². The molecule has 0 fully saturated rings. The number of amides is 3. The number of unbranched alkanes of at least 4 members (excludes halogenated alkanes) is 1. The largest absolute Gasteiger partial charge is 0.508 e. The number of carboxylic acid groups (broad SMARTS) is 1. The molecule has 3 rings (SSSR count). The molecule has 0 saturated carbocycles. The molecule has 1 aromatic heterocycles. The maximum absolute atomic E-state index is 13.7. The third kappa shape index (κ3) is 10.1. The van der Waals surface area contributed by atoms with Crippen molar-refractivity contribution in [3.05, 3.63) is 65.9 Å². The van der Waals surface area contributed by atoms with Crippen LogP contribution in [0.3, 0.4) is 0 Å². The number of carboxylic acids is 1. The zero-order chi connectivity index (χ0) is 32.2. The van der Waals surface area contributed by atoms with Crippen molar-refractivity contribution in [2.45, 2.75) is 76.5 Å². The summed E-state index contributed by atoms with van der Waals surface area (Å²) in [5.74, 6) is -2.97. The lowest BCUT2D eigenvalue weighted by atomic mass is 9.99. The van der Waals surface area contributed by atoms with E-state index in [2.05, 4.69) is 20.9 Å². The zero-order valence-corrected chi connectivity index (χ0v) is 25.2. The number of H-pyrrole nitrogens is 1. The van der Waals surface area contributed by atoms with Crippen LogP contribution in [0.4, 0.5) is 0 Å². The third-order valence-electron chi connectivity index (χ3n) is 7.37. The first-order valence-corrected chi connectivity index (χ1v) is 14.9. The first-order valence-electron chi connectivity index (χ1n) is 14.9. The summed E-state index contributed by atoms with van der Waals surface area (Å²) in [5, 5.41) is 28.3. The van der Waals surface area contributed by atoms with Crippen LogP contribution in [-0.4, -0.2) is 69.6 Å². The van der Waals surface area contributed by atoms with Gasteiger partial charge in [-0.3, -0.25) is 14.4 Å². The molecule has 4 atom stereocenters. The molecule has 3 aromatic rings. The monoisotopic (exact) mass is 608 g/mol. The van der Waals surface area contributed by atoms with Crippen molar-refractivity contribution in [1.82, 2.24) is 20.9 Å². The van der Waals surface area contributed by atoms with Crippen LogP contribution in [0.15, 0.2) is 54.7 Å². The number of aromatic nitrogens is 1. The second-order valence-corrected chi connectivity index (χ2v) is 11.5. The topological polar surface area (TPSA) is 213 Å². The van der Waals surface area contributed by atoms with Crippen LogP contribution >= 0.6 is 0 Å². The number of hydrogen-bond acceptors (Lipinski definition) is 7. The summed E-state index contributed by atoms with van der Waals surface area (Å²) >= 11 is 0. The highest BCUT2D eigenvalue weighted by Gasteiger charge is 2.31. The normalized spacial score (nSPS) is 14.0. The number of fused-ring (bicyclic) bond motifs is 1. The molecule has 0 saturated heterocycles. The lowest BCUT2D eigenvalue weighted by Gasteiger charge is -2.26. The fourth-order valence-corrected chi connectivity index (χ4v) is 4.96. The number of aliphatic carboxylic acids is 1. The van der Waals surface area contributed by atoms with Gasteiger partial charge in [-0.25, -0.2) is 4.79 Å². The first-order chi connectivity index (χ1) is 21.0. The van der Waals surface area contributed by atoms with Crippen molar-refractivity contribution in [2.24, 2.45) is 17.4 Å². The maximum Gasteiger partial charge on any atom is 0.326 e. The summed E-state index contributed by atoms with van der Waals surface area (Å²) in [5.41, 5.74) is 13.9. The molecule has 2 aromatic carbocycles. The Morgan fingerprint density at radius 3 is 2.14 bits per heavy atom. The Balaban J connectivity index is 1.80. The van der Waals surface area contributed by atoms with Crippen molar-refractivity contribution >= 4 is 34.6 Å². The molecule has 0 spiro atoms. The minimum atomic E-state index is -1.27. The maximum atomic E-state index is 13.7. The minimum absolute atomic E-state index is 0.0228. The number of phenols is 1. The average Bonchev–Trinajstić information content (AvgIpc) is 3.39. The van der Waals surface area contributed by atoms with E-state index in [-0.39, 0.29) is 30.9 Å². The molecule has 3 amide bonds. The second kappa shape index (κ2) is 16.4. The molecule has 12 heteroatoms. The molecule has 0 aliphatic carbocycles. The smallest absolute Gasteiger partial charge is 0.326 e. The Bertz CT molecular complexity index is 1410. The summed E-state index contributed by atoms with van der Waals surface area (Å²) in [7, 11) is 0. The van der Waals surface area contributed by atoms with E-state index in [4.69, 9.17) is 11.5 Å². The number of aromatic amines is 1.